The Morgan fingerprint density at radius 1 is 0.699 bits per heavy atom. The normalized spacial score (nSPS) is 19.6. The summed E-state index contributed by atoms with van der Waals surface area (Å²) in [6, 6.07) is 1.23. The van der Waals surface area contributed by atoms with E-state index in [9.17, 15) is 48.3 Å². The first-order chi connectivity index (χ1) is 35.1. The predicted octanol–water partition coefficient (Wildman–Crippen LogP) is 9.84. The van der Waals surface area contributed by atoms with Crippen LogP contribution in [-0.4, -0.2) is 91.5 Å². The highest BCUT2D eigenvalue weighted by Gasteiger charge is 2.46. The number of hydrogen-bond donors (Lipinski definition) is 5. The largest absolute Gasteiger partial charge is 0.481 e. The minimum Gasteiger partial charge on any atom is -0.462 e. The summed E-state index contributed by atoms with van der Waals surface area (Å²) < 4.78 is 56.5. The summed E-state index contributed by atoms with van der Waals surface area (Å²) in [7, 11) is -11.0. The molecule has 0 saturated carbocycles. The molecular formula is C52H81N3O16P2. The number of ether oxygens (including phenoxy) is 3. The second kappa shape index (κ2) is 39.1. The third-order valence-corrected chi connectivity index (χ3v) is 13.5. The van der Waals surface area contributed by atoms with E-state index in [2.05, 4.69) is 77.8 Å². The molecule has 0 amide bonds. The number of anilines is 1. The molecule has 1 aromatic rings. The average molecular weight is 1070 g/mol. The number of esters is 2. The third kappa shape index (κ3) is 31.8. The number of phosphoric ester groups is 2. The van der Waals surface area contributed by atoms with E-state index in [0.717, 1.165) is 68.6 Å². The number of nitrogens with zero attached hydrogens (tertiary/aromatic N) is 2. The minimum atomic E-state index is -5.48. The smallest absolute Gasteiger partial charge is 0.462 e. The zero-order chi connectivity index (χ0) is 53.6. The van der Waals surface area contributed by atoms with Crippen molar-refractivity contribution in [3.63, 3.8) is 0 Å². The van der Waals surface area contributed by atoms with Crippen LogP contribution >= 0.6 is 15.6 Å². The van der Waals surface area contributed by atoms with E-state index >= 15 is 0 Å². The van der Waals surface area contributed by atoms with Gasteiger partial charge in [0, 0.05) is 25.5 Å². The molecule has 1 aliphatic rings. The van der Waals surface area contributed by atoms with E-state index in [1.54, 1.807) is 12.2 Å². The maximum absolute atomic E-state index is 12.9. The first-order valence-corrected chi connectivity index (χ1v) is 28.5. The second-order valence-electron chi connectivity index (χ2n) is 17.3. The lowest BCUT2D eigenvalue weighted by molar-refractivity contribution is -0.161. The molecule has 1 fully saturated rings. The van der Waals surface area contributed by atoms with Crippen molar-refractivity contribution in [3.8, 4) is 0 Å². The van der Waals surface area contributed by atoms with Gasteiger partial charge in [-0.05, 0) is 89.2 Å². The van der Waals surface area contributed by atoms with Crippen LogP contribution in [0.1, 0.15) is 155 Å². The third-order valence-electron chi connectivity index (χ3n) is 10.9. The van der Waals surface area contributed by atoms with Gasteiger partial charge in [0.05, 0.1) is 13.2 Å². The molecule has 0 spiro atoms. The van der Waals surface area contributed by atoms with Gasteiger partial charge >= 0.3 is 33.3 Å². The zero-order valence-electron chi connectivity index (χ0n) is 42.6. The lowest BCUT2D eigenvalue weighted by Crippen LogP contribution is -2.36. The summed E-state index contributed by atoms with van der Waals surface area (Å²) in [6.07, 6.45) is 38.1. The molecular weight excluding hydrogens is 985 g/mol. The van der Waals surface area contributed by atoms with Crippen molar-refractivity contribution in [2.24, 2.45) is 0 Å². The van der Waals surface area contributed by atoms with Crippen LogP contribution in [0.4, 0.5) is 5.82 Å². The maximum atomic E-state index is 12.9. The molecule has 2 rings (SSSR count). The molecule has 21 heteroatoms. The number of ketones is 1. The Morgan fingerprint density at radius 3 is 1.85 bits per heavy atom. The number of hydrogen-bond acceptors (Lipinski definition) is 16. The number of aliphatic hydroxyl groups is 2. The van der Waals surface area contributed by atoms with Gasteiger partial charge in [0.1, 0.15) is 30.7 Å². The number of nitrogens with two attached hydrogens (primary N) is 1. The molecule has 1 aliphatic heterocycles. The Bertz CT molecular complexity index is 2120. The van der Waals surface area contributed by atoms with Gasteiger partial charge in [0.15, 0.2) is 18.1 Å². The van der Waals surface area contributed by atoms with Crippen LogP contribution in [0.3, 0.4) is 0 Å². The molecule has 0 aliphatic carbocycles. The summed E-state index contributed by atoms with van der Waals surface area (Å²) in [5, 5.41) is 20.9. The van der Waals surface area contributed by atoms with Gasteiger partial charge in [-0.1, -0.05) is 131 Å². The molecule has 19 nitrogen and oxygen atoms in total. The highest BCUT2D eigenvalue weighted by atomic mass is 31.3. The van der Waals surface area contributed by atoms with Gasteiger partial charge in [-0.15, -0.1) is 0 Å². The number of rotatable bonds is 41. The van der Waals surface area contributed by atoms with Crippen molar-refractivity contribution in [3.05, 3.63) is 108 Å². The number of carbonyl (C=O) groups excluding carboxylic acids is 3. The first kappa shape index (κ1) is 64.7. The Kier molecular flexibility index (Phi) is 34.7. The molecule has 410 valence electrons. The van der Waals surface area contributed by atoms with E-state index < -0.39 is 83.7 Å². The Hall–Kier alpha value is -4.39. The molecule has 6 N–H and O–H groups in total. The highest BCUT2D eigenvalue weighted by molar-refractivity contribution is 7.61. The van der Waals surface area contributed by atoms with Crippen molar-refractivity contribution in [1.29, 1.82) is 0 Å². The number of carbonyl (C=O) groups is 3. The molecule has 1 aromatic heterocycles. The van der Waals surface area contributed by atoms with E-state index in [1.807, 2.05) is 12.2 Å². The Balaban J connectivity index is 1.87. The molecule has 0 radical (unpaired) electrons. The lowest BCUT2D eigenvalue weighted by Gasteiger charge is -2.21. The molecule has 2 unspecified atom stereocenters. The SMILES string of the molecule is CCCCC/C=C\C/C=C\C/C=C\C=C\C(=O)CCCC(=O)OC[C@H](COP(=O)(O)OP(=O)(O)OC[C@H]1O[C@@H](n2ccc(N)nc2=O)[C@H](O)[C@@H]1O)OC(=O)CCCCCC/C=C\C/C=C\C/C=C\CCCCC. The standard InChI is InChI=1S/C52H81N3O16P2/c1-3-5-7-9-11-13-15-17-18-19-20-22-24-26-28-30-32-36-48(58)69-44(40-66-47(57)37-33-35-43(56)34-31-29-27-25-23-21-16-14-12-10-8-6-4-2)41-67-72(62,63)71-73(64,65)68-42-45-49(59)50(60)51(70-45)55-39-38-46(53)54-52(55)61/h11-14,17-18,20-23,27,29,31,34,38-39,44-45,49-51,59-60H,3-10,15-16,19,24-26,28,30,32-33,35-37,40-42H2,1-2H3,(H,62,63)(H,64,65)(H2,53,54,61)/b13-11-,14-12-,18-17-,22-20-,23-21-,29-27-,34-31+/t44-,45-,49-,50-,51-/m1/s1. The predicted molar refractivity (Wildman–Crippen MR) is 280 cm³/mol. The number of aliphatic hydroxyl groups excluding tert-OH is 2. The molecule has 73 heavy (non-hydrogen) atoms. The molecule has 7 atom stereocenters. The Labute approximate surface area is 431 Å². The van der Waals surface area contributed by atoms with Crippen LogP contribution in [0.25, 0.3) is 0 Å². The van der Waals surface area contributed by atoms with Crippen LogP contribution in [0.5, 0.6) is 0 Å². The van der Waals surface area contributed by atoms with Crippen molar-refractivity contribution < 1.29 is 71.1 Å². The monoisotopic (exact) mass is 1070 g/mol. The second-order valence-corrected chi connectivity index (χ2v) is 20.4. The fourth-order valence-electron chi connectivity index (χ4n) is 6.92. The number of phosphoric acid groups is 2. The first-order valence-electron chi connectivity index (χ1n) is 25.6. The number of unbranched alkanes of at least 4 members (excludes halogenated alkanes) is 10. The van der Waals surface area contributed by atoms with Gasteiger partial charge in [-0.3, -0.25) is 28.0 Å². The summed E-state index contributed by atoms with van der Waals surface area (Å²) >= 11 is 0. The van der Waals surface area contributed by atoms with Gasteiger partial charge in [0.2, 0.25) is 0 Å². The van der Waals surface area contributed by atoms with E-state index in [1.165, 1.54) is 50.7 Å². The van der Waals surface area contributed by atoms with Crippen molar-refractivity contribution in [2.75, 3.05) is 25.6 Å². The zero-order valence-corrected chi connectivity index (χ0v) is 44.4. The van der Waals surface area contributed by atoms with Crippen LogP contribution in [0.15, 0.2) is 102 Å². The van der Waals surface area contributed by atoms with Crippen LogP contribution in [0.2, 0.25) is 0 Å². The number of aromatic nitrogens is 2. The molecule has 0 bridgehead atoms. The minimum absolute atomic E-state index is 0.0302. The van der Waals surface area contributed by atoms with Crippen molar-refractivity contribution in [2.45, 2.75) is 179 Å². The molecule has 1 saturated heterocycles. The number of allylic oxidation sites excluding steroid dienone is 14. The van der Waals surface area contributed by atoms with E-state index in [-0.39, 0.29) is 37.3 Å². The van der Waals surface area contributed by atoms with E-state index in [4.69, 9.17) is 29.0 Å². The van der Waals surface area contributed by atoms with Crippen molar-refractivity contribution >= 4 is 39.2 Å². The fourth-order valence-corrected chi connectivity index (χ4v) is 9.03. The van der Waals surface area contributed by atoms with Crippen LogP contribution in [0, 0.1) is 0 Å². The average Bonchev–Trinajstić information content (AvgIpc) is 3.62. The summed E-state index contributed by atoms with van der Waals surface area (Å²) in [5.74, 6) is -1.80. The van der Waals surface area contributed by atoms with Crippen molar-refractivity contribution in [1.82, 2.24) is 9.55 Å². The molecule has 0 aromatic carbocycles. The van der Waals surface area contributed by atoms with Gasteiger partial charge in [-0.2, -0.15) is 9.29 Å². The number of nitrogen functional groups attached to an aromatic ring is 1. The topological polar surface area (TPSA) is 283 Å². The summed E-state index contributed by atoms with van der Waals surface area (Å²) in [5.41, 5.74) is 4.56. The van der Waals surface area contributed by atoms with Gasteiger partial charge < -0.3 is 39.9 Å². The summed E-state index contributed by atoms with van der Waals surface area (Å²) in [4.78, 5) is 74.2. The highest BCUT2D eigenvalue weighted by Crippen LogP contribution is 2.60. The van der Waals surface area contributed by atoms with Crippen LogP contribution < -0.4 is 11.4 Å². The molecule has 2 heterocycles. The van der Waals surface area contributed by atoms with E-state index in [0.29, 0.717) is 12.8 Å². The van der Waals surface area contributed by atoms with Gasteiger partial charge in [-0.25, -0.2) is 13.9 Å². The van der Waals surface area contributed by atoms with Gasteiger partial charge in [0.25, 0.3) is 0 Å². The Morgan fingerprint density at radius 2 is 1.25 bits per heavy atom. The maximum Gasteiger partial charge on any atom is 0.481 e. The quantitative estimate of drug-likeness (QED) is 0.0102. The summed E-state index contributed by atoms with van der Waals surface area (Å²) in [6.45, 7) is 1.83. The fraction of sp³-hybridized carbons (Fsp3) is 0.596. The van der Waals surface area contributed by atoms with Crippen LogP contribution in [-0.2, 0) is 51.1 Å². The lowest BCUT2D eigenvalue weighted by atomic mass is 10.1.